The van der Waals surface area contributed by atoms with Gasteiger partial charge in [-0.2, -0.15) is 0 Å². The Kier molecular flexibility index (Phi) is 21.4. The van der Waals surface area contributed by atoms with Crippen LogP contribution in [-0.2, 0) is 37.9 Å². The lowest BCUT2D eigenvalue weighted by molar-refractivity contribution is -0.0488. The molecule has 0 spiro atoms. The van der Waals surface area contributed by atoms with Gasteiger partial charge in [-0.1, -0.05) is 0 Å². The molecular formula is C17H36O8. The van der Waals surface area contributed by atoms with E-state index in [0.717, 1.165) is 0 Å². The smallest absolute Gasteiger partial charge is 0.0781 e. The zero-order valence-corrected chi connectivity index (χ0v) is 16.0. The van der Waals surface area contributed by atoms with Gasteiger partial charge >= 0.3 is 0 Å². The fourth-order valence-electron chi connectivity index (χ4n) is 1.65. The minimum Gasteiger partial charge on any atom is -0.382 e. The van der Waals surface area contributed by atoms with Crippen molar-refractivity contribution in [2.45, 2.75) is 13.0 Å². The Hall–Kier alpha value is -0.320. The molecule has 1 unspecified atom stereocenters. The molecule has 0 N–H and O–H groups in total. The second kappa shape index (κ2) is 21.7. The van der Waals surface area contributed by atoms with Crippen molar-refractivity contribution in [2.75, 3.05) is 100 Å². The molecule has 0 saturated carbocycles. The zero-order valence-electron chi connectivity index (χ0n) is 16.0. The fourth-order valence-corrected chi connectivity index (χ4v) is 1.65. The molecule has 0 aliphatic heterocycles. The molecule has 25 heavy (non-hydrogen) atoms. The second-order valence-corrected chi connectivity index (χ2v) is 5.19. The zero-order chi connectivity index (χ0) is 18.4. The van der Waals surface area contributed by atoms with Gasteiger partial charge < -0.3 is 37.9 Å². The first-order valence-electron chi connectivity index (χ1n) is 8.79. The van der Waals surface area contributed by atoms with Gasteiger partial charge in [-0.25, -0.2) is 0 Å². The molecule has 0 aliphatic rings. The van der Waals surface area contributed by atoms with Crippen LogP contribution in [0.3, 0.4) is 0 Å². The molecule has 0 amide bonds. The monoisotopic (exact) mass is 368 g/mol. The van der Waals surface area contributed by atoms with Gasteiger partial charge in [0.1, 0.15) is 0 Å². The molecule has 0 aliphatic carbocycles. The van der Waals surface area contributed by atoms with E-state index in [9.17, 15) is 0 Å². The van der Waals surface area contributed by atoms with Crippen molar-refractivity contribution in [1.29, 1.82) is 0 Å². The Morgan fingerprint density at radius 2 is 0.840 bits per heavy atom. The van der Waals surface area contributed by atoms with Crippen LogP contribution in [0.25, 0.3) is 0 Å². The van der Waals surface area contributed by atoms with E-state index in [1.54, 1.807) is 14.2 Å². The van der Waals surface area contributed by atoms with Gasteiger partial charge in [0.05, 0.1) is 92.0 Å². The molecule has 0 aromatic heterocycles. The first-order valence-corrected chi connectivity index (χ1v) is 8.79. The van der Waals surface area contributed by atoms with Crippen LogP contribution in [0.1, 0.15) is 6.92 Å². The average molecular weight is 368 g/mol. The average Bonchev–Trinajstić information content (AvgIpc) is 2.62. The summed E-state index contributed by atoms with van der Waals surface area (Å²) in [6.07, 6.45) is 0.0268. The fraction of sp³-hybridized carbons (Fsp3) is 1.00. The summed E-state index contributed by atoms with van der Waals surface area (Å²) >= 11 is 0. The van der Waals surface area contributed by atoms with Crippen LogP contribution in [0.2, 0.25) is 0 Å². The molecule has 8 heteroatoms. The van der Waals surface area contributed by atoms with Crippen molar-refractivity contribution in [3.05, 3.63) is 0 Å². The van der Waals surface area contributed by atoms with Crippen molar-refractivity contribution in [3.63, 3.8) is 0 Å². The lowest BCUT2D eigenvalue weighted by atomic mass is 10.4. The number of hydrogen-bond donors (Lipinski definition) is 0. The summed E-state index contributed by atoms with van der Waals surface area (Å²) in [4.78, 5) is 0. The van der Waals surface area contributed by atoms with Gasteiger partial charge in [-0.05, 0) is 6.92 Å². The maximum Gasteiger partial charge on any atom is 0.0781 e. The Bertz CT molecular complexity index is 243. The van der Waals surface area contributed by atoms with E-state index in [1.807, 2.05) is 6.92 Å². The van der Waals surface area contributed by atoms with Gasteiger partial charge in [0.25, 0.3) is 0 Å². The van der Waals surface area contributed by atoms with Crippen LogP contribution < -0.4 is 0 Å². The molecule has 0 fully saturated rings. The first kappa shape index (κ1) is 24.7. The third-order valence-corrected chi connectivity index (χ3v) is 2.96. The van der Waals surface area contributed by atoms with E-state index in [2.05, 4.69) is 0 Å². The minimum atomic E-state index is 0.0268. The van der Waals surface area contributed by atoms with Gasteiger partial charge in [0.2, 0.25) is 0 Å². The van der Waals surface area contributed by atoms with E-state index in [0.29, 0.717) is 85.9 Å². The molecule has 0 heterocycles. The highest BCUT2D eigenvalue weighted by atomic mass is 16.6. The van der Waals surface area contributed by atoms with Gasteiger partial charge in [0.15, 0.2) is 0 Å². The van der Waals surface area contributed by atoms with Crippen LogP contribution in [0, 0.1) is 0 Å². The third kappa shape index (κ3) is 21.6. The first-order chi connectivity index (χ1) is 12.3. The molecule has 0 bridgehead atoms. The number of ether oxygens (including phenoxy) is 8. The minimum absolute atomic E-state index is 0.0268. The van der Waals surface area contributed by atoms with Crippen LogP contribution in [0.15, 0.2) is 0 Å². The van der Waals surface area contributed by atoms with Crippen LogP contribution in [0.4, 0.5) is 0 Å². The predicted octanol–water partition coefficient (Wildman–Crippen LogP) is 0.767. The van der Waals surface area contributed by atoms with Gasteiger partial charge in [-0.15, -0.1) is 0 Å². The molecule has 8 nitrogen and oxygen atoms in total. The van der Waals surface area contributed by atoms with Gasteiger partial charge in [-0.3, -0.25) is 0 Å². The summed E-state index contributed by atoms with van der Waals surface area (Å²) < 4.78 is 42.2. The number of methoxy groups -OCH3 is 2. The third-order valence-electron chi connectivity index (χ3n) is 2.96. The topological polar surface area (TPSA) is 73.8 Å². The van der Waals surface area contributed by atoms with Crippen LogP contribution in [-0.4, -0.2) is 106 Å². The highest BCUT2D eigenvalue weighted by Gasteiger charge is 2.02. The molecule has 0 saturated heterocycles. The summed E-state index contributed by atoms with van der Waals surface area (Å²) in [6.45, 7) is 9.34. The molecule has 0 aromatic carbocycles. The Morgan fingerprint density at radius 3 is 1.28 bits per heavy atom. The summed E-state index contributed by atoms with van der Waals surface area (Å²) in [5.74, 6) is 0. The molecule has 1 atom stereocenters. The van der Waals surface area contributed by atoms with E-state index >= 15 is 0 Å². The highest BCUT2D eigenvalue weighted by Crippen LogP contribution is 1.93. The number of hydrogen-bond acceptors (Lipinski definition) is 8. The van der Waals surface area contributed by atoms with Crippen molar-refractivity contribution in [2.24, 2.45) is 0 Å². The maximum atomic E-state index is 5.59. The largest absolute Gasteiger partial charge is 0.382 e. The Balaban J connectivity index is 3.12. The SMILES string of the molecule is COCCOCCOCCOCC(C)OCCOCCOCCOC. The van der Waals surface area contributed by atoms with Gasteiger partial charge in [0, 0.05) is 14.2 Å². The molecule has 152 valence electrons. The van der Waals surface area contributed by atoms with Crippen molar-refractivity contribution in [1.82, 2.24) is 0 Å². The second-order valence-electron chi connectivity index (χ2n) is 5.19. The van der Waals surface area contributed by atoms with E-state index in [1.165, 1.54) is 0 Å². The van der Waals surface area contributed by atoms with Crippen LogP contribution >= 0.6 is 0 Å². The summed E-state index contributed by atoms with van der Waals surface area (Å²) in [5.41, 5.74) is 0. The van der Waals surface area contributed by atoms with E-state index in [4.69, 9.17) is 37.9 Å². The summed E-state index contributed by atoms with van der Waals surface area (Å²) in [7, 11) is 3.30. The normalized spacial score (nSPS) is 12.6. The standard InChI is InChI=1S/C17H36O8/c1-17(25-15-14-23-11-9-21-7-5-19-3)16-24-13-12-22-10-8-20-6-4-18-2/h17H,4-16H2,1-3H3. The van der Waals surface area contributed by atoms with E-state index < -0.39 is 0 Å². The summed E-state index contributed by atoms with van der Waals surface area (Å²) in [6, 6.07) is 0. The molecular weight excluding hydrogens is 332 g/mol. The molecule has 0 rings (SSSR count). The predicted molar refractivity (Wildman–Crippen MR) is 93.3 cm³/mol. The molecule has 0 aromatic rings. The number of rotatable bonds is 21. The highest BCUT2D eigenvalue weighted by molar-refractivity contribution is 4.47. The Labute approximate surface area is 151 Å². The Morgan fingerprint density at radius 1 is 0.480 bits per heavy atom. The lowest BCUT2D eigenvalue weighted by Gasteiger charge is -2.14. The molecule has 0 radical (unpaired) electrons. The van der Waals surface area contributed by atoms with Crippen molar-refractivity contribution < 1.29 is 37.9 Å². The maximum absolute atomic E-state index is 5.59. The van der Waals surface area contributed by atoms with Crippen LogP contribution in [0.5, 0.6) is 0 Å². The quantitative estimate of drug-likeness (QED) is 0.275. The lowest BCUT2D eigenvalue weighted by Crippen LogP contribution is -2.21. The summed E-state index contributed by atoms with van der Waals surface area (Å²) in [5, 5.41) is 0. The van der Waals surface area contributed by atoms with Crippen molar-refractivity contribution >= 4 is 0 Å². The van der Waals surface area contributed by atoms with E-state index in [-0.39, 0.29) is 6.10 Å². The van der Waals surface area contributed by atoms with Crippen molar-refractivity contribution in [3.8, 4) is 0 Å².